The molecular weight excluding hydrogens is 292 g/mol. The summed E-state index contributed by atoms with van der Waals surface area (Å²) in [5.41, 5.74) is 0.929. The number of nitrogens with zero attached hydrogens (tertiary/aromatic N) is 4. The monoisotopic (exact) mass is 320 g/mol. The van der Waals surface area contributed by atoms with Crippen molar-refractivity contribution in [3.63, 3.8) is 0 Å². The van der Waals surface area contributed by atoms with Crippen molar-refractivity contribution >= 4 is 0 Å². The average molecular weight is 320 g/mol. The van der Waals surface area contributed by atoms with Gasteiger partial charge in [0.15, 0.2) is 0 Å². The molecule has 0 unspecified atom stereocenters. The van der Waals surface area contributed by atoms with Crippen LogP contribution in [-0.4, -0.2) is 72.1 Å². The van der Waals surface area contributed by atoms with Crippen molar-refractivity contribution < 1.29 is 4.74 Å². The predicted molar refractivity (Wildman–Crippen MR) is 89.7 cm³/mol. The molecule has 0 N–H and O–H groups in total. The topological polar surface area (TPSA) is 50.6 Å². The summed E-state index contributed by atoms with van der Waals surface area (Å²) < 4.78 is 7.03. The lowest BCUT2D eigenvalue weighted by molar-refractivity contribution is 0.0311. The summed E-state index contributed by atoms with van der Waals surface area (Å²) in [6, 6.07) is 3.41. The number of rotatable bonds is 5. The van der Waals surface area contributed by atoms with Gasteiger partial charge in [0.1, 0.15) is 0 Å². The van der Waals surface area contributed by atoms with Gasteiger partial charge in [-0.15, -0.1) is 0 Å². The molecule has 0 radical (unpaired) electrons. The zero-order valence-corrected chi connectivity index (χ0v) is 14.1. The molecule has 0 saturated carbocycles. The van der Waals surface area contributed by atoms with Gasteiger partial charge < -0.3 is 9.64 Å². The van der Waals surface area contributed by atoms with Crippen molar-refractivity contribution in [1.82, 2.24) is 19.6 Å². The van der Waals surface area contributed by atoms with Gasteiger partial charge in [0.2, 0.25) is 0 Å². The van der Waals surface area contributed by atoms with Gasteiger partial charge in [0, 0.05) is 38.8 Å². The molecule has 6 heteroatoms. The fourth-order valence-corrected chi connectivity index (χ4v) is 3.43. The van der Waals surface area contributed by atoms with Crippen LogP contribution in [-0.2, 0) is 11.3 Å². The molecule has 2 saturated heterocycles. The number of likely N-dealkylation sites (tertiary alicyclic amines) is 1. The summed E-state index contributed by atoms with van der Waals surface area (Å²) in [7, 11) is 0. The molecule has 0 aromatic carbocycles. The second-order valence-corrected chi connectivity index (χ2v) is 6.73. The van der Waals surface area contributed by atoms with Gasteiger partial charge in [0.05, 0.1) is 18.9 Å². The number of aromatic nitrogens is 2. The van der Waals surface area contributed by atoms with E-state index in [0.29, 0.717) is 5.92 Å². The van der Waals surface area contributed by atoms with Crippen molar-refractivity contribution in [3.05, 3.63) is 28.2 Å². The Bertz CT molecular complexity index is 546. The van der Waals surface area contributed by atoms with Crippen molar-refractivity contribution in [3.8, 4) is 0 Å². The summed E-state index contributed by atoms with van der Waals surface area (Å²) in [4.78, 5) is 16.9. The quantitative estimate of drug-likeness (QED) is 0.795. The maximum atomic E-state index is 11.9. The Hall–Kier alpha value is -1.24. The molecule has 128 valence electrons. The van der Waals surface area contributed by atoms with Crippen LogP contribution in [0.3, 0.4) is 0 Å². The van der Waals surface area contributed by atoms with E-state index in [2.05, 4.69) is 14.9 Å². The summed E-state index contributed by atoms with van der Waals surface area (Å²) in [6.07, 6.45) is 2.32. The highest BCUT2D eigenvalue weighted by molar-refractivity contribution is 4.97. The second-order valence-electron chi connectivity index (χ2n) is 6.73. The van der Waals surface area contributed by atoms with Crippen LogP contribution in [0.5, 0.6) is 0 Å². The standard InChI is InChI=1S/C17H28N4O2/c1-15-2-3-17(22)21(18-15)14-16-4-6-19(7-5-16)8-9-20-10-12-23-13-11-20/h2-3,16H,4-14H2,1H3. The molecule has 3 heterocycles. The molecule has 2 aliphatic heterocycles. The van der Waals surface area contributed by atoms with Crippen LogP contribution < -0.4 is 5.56 Å². The first-order valence-corrected chi connectivity index (χ1v) is 8.78. The van der Waals surface area contributed by atoms with Crippen LogP contribution >= 0.6 is 0 Å². The van der Waals surface area contributed by atoms with Crippen LogP contribution in [0.15, 0.2) is 16.9 Å². The molecule has 2 fully saturated rings. The van der Waals surface area contributed by atoms with Gasteiger partial charge in [-0.05, 0) is 44.8 Å². The van der Waals surface area contributed by atoms with Crippen molar-refractivity contribution in [1.29, 1.82) is 0 Å². The first-order valence-electron chi connectivity index (χ1n) is 8.78. The first kappa shape index (κ1) is 16.6. The van der Waals surface area contributed by atoms with Gasteiger partial charge in [-0.2, -0.15) is 5.10 Å². The van der Waals surface area contributed by atoms with E-state index in [1.165, 1.54) is 0 Å². The molecule has 1 aromatic heterocycles. The van der Waals surface area contributed by atoms with Crippen molar-refractivity contribution in [2.75, 3.05) is 52.5 Å². The van der Waals surface area contributed by atoms with E-state index in [-0.39, 0.29) is 5.56 Å². The summed E-state index contributed by atoms with van der Waals surface area (Å²) in [6.45, 7) is 11.1. The maximum Gasteiger partial charge on any atom is 0.266 e. The lowest BCUT2D eigenvalue weighted by atomic mass is 9.97. The van der Waals surface area contributed by atoms with E-state index in [0.717, 1.165) is 77.6 Å². The molecular formula is C17H28N4O2. The predicted octanol–water partition coefficient (Wildman–Crippen LogP) is 0.596. The summed E-state index contributed by atoms with van der Waals surface area (Å²) in [5.74, 6) is 0.571. The second kappa shape index (κ2) is 8.04. The number of hydrogen-bond donors (Lipinski definition) is 0. The largest absolute Gasteiger partial charge is 0.379 e. The van der Waals surface area contributed by atoms with Gasteiger partial charge in [-0.25, -0.2) is 4.68 Å². The third-order valence-corrected chi connectivity index (χ3v) is 4.97. The minimum atomic E-state index is 0.0188. The Labute approximate surface area is 138 Å². The van der Waals surface area contributed by atoms with Crippen LogP contribution in [0, 0.1) is 12.8 Å². The number of aryl methyl sites for hydroxylation is 1. The van der Waals surface area contributed by atoms with E-state index in [9.17, 15) is 4.79 Å². The average Bonchev–Trinajstić information content (AvgIpc) is 2.58. The van der Waals surface area contributed by atoms with Crippen LogP contribution in [0.25, 0.3) is 0 Å². The van der Waals surface area contributed by atoms with E-state index in [4.69, 9.17) is 4.74 Å². The smallest absolute Gasteiger partial charge is 0.266 e. The zero-order chi connectivity index (χ0) is 16.1. The molecule has 1 aromatic rings. The first-order chi connectivity index (χ1) is 11.2. The van der Waals surface area contributed by atoms with E-state index >= 15 is 0 Å². The molecule has 0 spiro atoms. The third kappa shape index (κ3) is 4.86. The summed E-state index contributed by atoms with van der Waals surface area (Å²) in [5, 5.41) is 4.36. The Morgan fingerprint density at radius 1 is 1.09 bits per heavy atom. The Morgan fingerprint density at radius 2 is 1.74 bits per heavy atom. The molecule has 0 aliphatic carbocycles. The summed E-state index contributed by atoms with van der Waals surface area (Å²) >= 11 is 0. The highest BCUT2D eigenvalue weighted by atomic mass is 16.5. The van der Waals surface area contributed by atoms with E-state index in [1.807, 2.05) is 6.92 Å². The SMILES string of the molecule is Cc1ccc(=O)n(CC2CCN(CCN3CCOCC3)CC2)n1. The van der Waals surface area contributed by atoms with Crippen LogP contribution in [0.1, 0.15) is 18.5 Å². The lowest BCUT2D eigenvalue weighted by Gasteiger charge is -2.34. The molecule has 0 atom stereocenters. The van der Waals surface area contributed by atoms with E-state index < -0.39 is 0 Å². The van der Waals surface area contributed by atoms with Crippen LogP contribution in [0.2, 0.25) is 0 Å². The van der Waals surface area contributed by atoms with Gasteiger partial charge in [0.25, 0.3) is 5.56 Å². The van der Waals surface area contributed by atoms with Crippen molar-refractivity contribution in [2.45, 2.75) is 26.3 Å². The van der Waals surface area contributed by atoms with Crippen LogP contribution in [0.4, 0.5) is 0 Å². The van der Waals surface area contributed by atoms with Gasteiger partial charge in [-0.3, -0.25) is 9.69 Å². The number of hydrogen-bond acceptors (Lipinski definition) is 5. The zero-order valence-electron chi connectivity index (χ0n) is 14.1. The Morgan fingerprint density at radius 3 is 2.43 bits per heavy atom. The Balaban J connectivity index is 1.41. The minimum Gasteiger partial charge on any atom is -0.379 e. The highest BCUT2D eigenvalue weighted by Gasteiger charge is 2.21. The molecule has 0 amide bonds. The fraction of sp³-hybridized carbons (Fsp3) is 0.765. The minimum absolute atomic E-state index is 0.0188. The number of ether oxygens (including phenoxy) is 1. The molecule has 3 rings (SSSR count). The number of piperidine rings is 1. The number of morpholine rings is 1. The highest BCUT2D eigenvalue weighted by Crippen LogP contribution is 2.18. The maximum absolute atomic E-state index is 11.9. The van der Waals surface area contributed by atoms with Gasteiger partial charge >= 0.3 is 0 Å². The third-order valence-electron chi connectivity index (χ3n) is 4.97. The Kier molecular flexibility index (Phi) is 5.80. The molecule has 0 bridgehead atoms. The molecule has 2 aliphatic rings. The van der Waals surface area contributed by atoms with Gasteiger partial charge in [-0.1, -0.05) is 0 Å². The fourth-order valence-electron chi connectivity index (χ4n) is 3.43. The normalized spacial score (nSPS) is 21.6. The van der Waals surface area contributed by atoms with E-state index in [1.54, 1.807) is 16.8 Å². The molecule has 23 heavy (non-hydrogen) atoms. The van der Waals surface area contributed by atoms with Crippen molar-refractivity contribution in [2.24, 2.45) is 5.92 Å². The lowest BCUT2D eigenvalue weighted by Crippen LogP contribution is -2.44. The molecule has 6 nitrogen and oxygen atoms in total.